The molecule has 0 spiro atoms. The van der Waals surface area contributed by atoms with E-state index in [0.717, 1.165) is 6.54 Å². The fraction of sp³-hybridized carbons (Fsp3) is 0.417. The topological polar surface area (TPSA) is 47.6 Å². The first-order valence-corrected chi connectivity index (χ1v) is 5.18. The van der Waals surface area contributed by atoms with E-state index in [2.05, 4.69) is 5.32 Å². The van der Waals surface area contributed by atoms with Crippen LogP contribution in [0.25, 0.3) is 0 Å². The van der Waals surface area contributed by atoms with Crippen LogP contribution in [0.1, 0.15) is 17.3 Å². The average molecular weight is 223 g/mol. The number of nitrogens with one attached hydrogen (secondary N) is 1. The number of likely N-dealkylation sites (N-methyl/N-ethyl adjacent to an activating group) is 1. The Kier molecular flexibility index (Phi) is 4.79. The lowest BCUT2D eigenvalue weighted by Crippen LogP contribution is -2.22. The summed E-state index contributed by atoms with van der Waals surface area (Å²) in [5.41, 5.74) is 0.595. The summed E-state index contributed by atoms with van der Waals surface area (Å²) in [4.78, 5) is 11.8. The van der Waals surface area contributed by atoms with E-state index in [9.17, 15) is 4.79 Å². The van der Waals surface area contributed by atoms with Gasteiger partial charge in [-0.15, -0.1) is 0 Å². The van der Waals surface area contributed by atoms with Crippen LogP contribution in [0.5, 0.6) is 11.5 Å². The van der Waals surface area contributed by atoms with Crippen LogP contribution in [0.2, 0.25) is 0 Å². The van der Waals surface area contributed by atoms with Gasteiger partial charge in [-0.25, -0.2) is 0 Å². The van der Waals surface area contributed by atoms with Crippen molar-refractivity contribution >= 4 is 5.78 Å². The summed E-state index contributed by atoms with van der Waals surface area (Å²) < 4.78 is 10.2. The van der Waals surface area contributed by atoms with E-state index >= 15 is 0 Å². The molecule has 0 heterocycles. The van der Waals surface area contributed by atoms with Crippen molar-refractivity contribution in [3.63, 3.8) is 0 Å². The molecule has 16 heavy (non-hydrogen) atoms. The molecule has 4 heteroatoms. The molecule has 1 N–H and O–H groups in total. The lowest BCUT2D eigenvalue weighted by Gasteiger charge is -2.07. The lowest BCUT2D eigenvalue weighted by atomic mass is 10.1. The van der Waals surface area contributed by atoms with E-state index in [1.807, 2.05) is 6.92 Å². The Morgan fingerprint density at radius 3 is 2.19 bits per heavy atom. The molecule has 0 fully saturated rings. The normalized spacial score (nSPS) is 9.94. The second-order valence-corrected chi connectivity index (χ2v) is 3.30. The van der Waals surface area contributed by atoms with Crippen molar-refractivity contribution in [3.8, 4) is 11.5 Å². The minimum absolute atomic E-state index is 0.0269. The Hall–Kier alpha value is -1.55. The number of carbonyl (C=O) groups is 1. The fourth-order valence-corrected chi connectivity index (χ4v) is 1.31. The third kappa shape index (κ3) is 3.24. The maximum absolute atomic E-state index is 11.8. The highest BCUT2D eigenvalue weighted by atomic mass is 16.5. The number of rotatable bonds is 6. The van der Waals surface area contributed by atoms with Crippen molar-refractivity contribution in [2.24, 2.45) is 0 Å². The van der Waals surface area contributed by atoms with Crippen LogP contribution in [-0.2, 0) is 0 Å². The van der Waals surface area contributed by atoms with E-state index in [0.29, 0.717) is 23.6 Å². The monoisotopic (exact) mass is 223 g/mol. The maximum Gasteiger partial charge on any atom is 0.176 e. The average Bonchev–Trinajstić information content (AvgIpc) is 2.35. The zero-order chi connectivity index (χ0) is 12.0. The van der Waals surface area contributed by atoms with Gasteiger partial charge in [0.1, 0.15) is 11.5 Å². The molecule has 0 aliphatic heterocycles. The molecule has 4 nitrogen and oxygen atoms in total. The van der Waals surface area contributed by atoms with Crippen molar-refractivity contribution in [3.05, 3.63) is 23.8 Å². The van der Waals surface area contributed by atoms with Crippen LogP contribution >= 0.6 is 0 Å². The molecule has 0 bridgehead atoms. The number of ether oxygens (including phenoxy) is 2. The predicted octanol–water partition coefficient (Wildman–Crippen LogP) is 1.50. The Bertz CT molecular complexity index is 341. The Balaban J connectivity index is 2.89. The van der Waals surface area contributed by atoms with Gasteiger partial charge in [0.05, 0.1) is 20.8 Å². The maximum atomic E-state index is 11.8. The van der Waals surface area contributed by atoms with Gasteiger partial charge in [0.2, 0.25) is 0 Å². The molecule has 0 saturated heterocycles. The van der Waals surface area contributed by atoms with Gasteiger partial charge in [-0.2, -0.15) is 0 Å². The number of ketones is 1. The van der Waals surface area contributed by atoms with Gasteiger partial charge in [-0.3, -0.25) is 4.79 Å². The summed E-state index contributed by atoms with van der Waals surface area (Å²) in [7, 11) is 3.13. The highest BCUT2D eigenvalue weighted by Crippen LogP contribution is 2.22. The van der Waals surface area contributed by atoms with Gasteiger partial charge in [-0.1, -0.05) is 6.92 Å². The van der Waals surface area contributed by atoms with E-state index in [1.165, 1.54) is 0 Å². The zero-order valence-electron chi connectivity index (χ0n) is 9.87. The first kappa shape index (κ1) is 12.5. The largest absolute Gasteiger partial charge is 0.497 e. The molecular formula is C12H17NO3. The molecule has 0 aliphatic carbocycles. The summed E-state index contributed by atoms with van der Waals surface area (Å²) in [6.07, 6.45) is 0. The van der Waals surface area contributed by atoms with E-state index in [-0.39, 0.29) is 5.78 Å². The molecule has 1 aromatic rings. The van der Waals surface area contributed by atoms with Gasteiger partial charge < -0.3 is 14.8 Å². The highest BCUT2D eigenvalue weighted by molar-refractivity contribution is 5.98. The van der Waals surface area contributed by atoms with Crippen molar-refractivity contribution in [1.82, 2.24) is 5.32 Å². The Morgan fingerprint density at radius 1 is 1.19 bits per heavy atom. The number of hydrogen-bond acceptors (Lipinski definition) is 4. The number of benzene rings is 1. The van der Waals surface area contributed by atoms with Crippen molar-refractivity contribution in [2.75, 3.05) is 27.3 Å². The predicted molar refractivity (Wildman–Crippen MR) is 62.4 cm³/mol. The minimum atomic E-state index is 0.0269. The molecule has 0 amide bonds. The van der Waals surface area contributed by atoms with Crippen LogP contribution in [0, 0.1) is 0 Å². The summed E-state index contributed by atoms with van der Waals surface area (Å²) in [5, 5.41) is 2.99. The van der Waals surface area contributed by atoms with E-state index in [1.54, 1.807) is 32.4 Å². The summed E-state index contributed by atoms with van der Waals surface area (Å²) in [6.45, 7) is 3.05. The van der Waals surface area contributed by atoms with Gasteiger partial charge in [0, 0.05) is 11.6 Å². The van der Waals surface area contributed by atoms with Crippen molar-refractivity contribution < 1.29 is 14.3 Å². The number of carbonyl (C=O) groups excluding carboxylic acids is 1. The standard InChI is InChI=1S/C12H17NO3/c1-4-13-8-12(14)9-5-10(15-2)7-11(6-9)16-3/h5-7,13H,4,8H2,1-3H3. The zero-order valence-corrected chi connectivity index (χ0v) is 9.87. The van der Waals surface area contributed by atoms with Crippen LogP contribution in [0.4, 0.5) is 0 Å². The van der Waals surface area contributed by atoms with Crippen LogP contribution < -0.4 is 14.8 Å². The Morgan fingerprint density at radius 2 is 1.75 bits per heavy atom. The quantitative estimate of drug-likeness (QED) is 0.742. The third-order valence-corrected chi connectivity index (χ3v) is 2.21. The number of hydrogen-bond donors (Lipinski definition) is 1. The summed E-state index contributed by atoms with van der Waals surface area (Å²) >= 11 is 0. The fourth-order valence-electron chi connectivity index (χ4n) is 1.31. The molecular weight excluding hydrogens is 206 g/mol. The molecule has 1 rings (SSSR count). The SMILES string of the molecule is CCNCC(=O)c1cc(OC)cc(OC)c1. The first-order chi connectivity index (χ1) is 7.71. The van der Waals surface area contributed by atoms with Crippen molar-refractivity contribution in [1.29, 1.82) is 0 Å². The molecule has 0 unspecified atom stereocenters. The highest BCUT2D eigenvalue weighted by Gasteiger charge is 2.08. The third-order valence-electron chi connectivity index (χ3n) is 2.21. The second kappa shape index (κ2) is 6.12. The molecule has 1 aromatic carbocycles. The molecule has 0 aromatic heterocycles. The lowest BCUT2D eigenvalue weighted by molar-refractivity contribution is 0.0991. The van der Waals surface area contributed by atoms with Gasteiger partial charge in [0.25, 0.3) is 0 Å². The second-order valence-electron chi connectivity index (χ2n) is 3.30. The molecule has 88 valence electrons. The Labute approximate surface area is 95.6 Å². The first-order valence-electron chi connectivity index (χ1n) is 5.18. The molecule has 0 radical (unpaired) electrons. The van der Waals surface area contributed by atoms with Crippen LogP contribution in [0.15, 0.2) is 18.2 Å². The molecule has 0 aliphatic rings. The van der Waals surface area contributed by atoms with E-state index in [4.69, 9.17) is 9.47 Å². The molecule has 0 saturated carbocycles. The summed E-state index contributed by atoms with van der Waals surface area (Å²) in [5.74, 6) is 1.28. The summed E-state index contributed by atoms with van der Waals surface area (Å²) in [6, 6.07) is 5.16. The molecule has 0 atom stereocenters. The smallest absolute Gasteiger partial charge is 0.176 e. The van der Waals surface area contributed by atoms with Gasteiger partial charge in [0.15, 0.2) is 5.78 Å². The minimum Gasteiger partial charge on any atom is -0.497 e. The van der Waals surface area contributed by atoms with Crippen LogP contribution in [0.3, 0.4) is 0 Å². The van der Waals surface area contributed by atoms with Crippen molar-refractivity contribution in [2.45, 2.75) is 6.92 Å². The van der Waals surface area contributed by atoms with Gasteiger partial charge >= 0.3 is 0 Å². The van der Waals surface area contributed by atoms with E-state index < -0.39 is 0 Å². The number of Topliss-reactive ketones (excluding diaryl/α,β-unsaturated/α-hetero) is 1. The van der Waals surface area contributed by atoms with Gasteiger partial charge in [-0.05, 0) is 18.7 Å². The van der Waals surface area contributed by atoms with Crippen LogP contribution in [-0.4, -0.2) is 33.1 Å². The number of methoxy groups -OCH3 is 2.